The highest BCUT2D eigenvalue weighted by Gasteiger charge is 2.10. The Balaban J connectivity index is 2.99. The Hall–Kier alpha value is -1.12. The lowest BCUT2D eigenvalue weighted by Gasteiger charge is -1.97. The molecule has 0 aliphatic heterocycles. The average Bonchev–Trinajstić information content (AvgIpc) is 2.50. The van der Waals surface area contributed by atoms with E-state index in [1.165, 1.54) is 5.57 Å². The fourth-order valence-electron chi connectivity index (χ4n) is 0.833. The fraction of sp³-hybridized carbons (Fsp3) is 0.600. The molecule has 0 bridgehead atoms. The Labute approximate surface area is 78.9 Å². The van der Waals surface area contributed by atoms with Crippen LogP contribution in [0.5, 0.6) is 0 Å². The maximum Gasteiger partial charge on any atom is 0.243 e. The van der Waals surface area contributed by atoms with E-state index >= 15 is 0 Å². The molecule has 0 aliphatic rings. The van der Waals surface area contributed by atoms with Crippen LogP contribution in [-0.4, -0.2) is 10.2 Å². The molecule has 3 nitrogen and oxygen atoms in total. The molecule has 0 saturated carbocycles. The first-order valence-corrected chi connectivity index (χ1v) is 4.50. The van der Waals surface area contributed by atoms with Crippen LogP contribution in [0.4, 0.5) is 0 Å². The van der Waals surface area contributed by atoms with E-state index in [4.69, 9.17) is 4.42 Å². The van der Waals surface area contributed by atoms with Crippen molar-refractivity contribution in [3.05, 3.63) is 17.4 Å². The van der Waals surface area contributed by atoms with Crippen LogP contribution in [0, 0.1) is 0 Å². The Morgan fingerprint density at radius 1 is 1.15 bits per heavy atom. The van der Waals surface area contributed by atoms with E-state index in [2.05, 4.69) is 10.2 Å². The highest BCUT2D eigenvalue weighted by atomic mass is 16.4. The molecule has 1 aromatic heterocycles. The predicted molar refractivity (Wildman–Crippen MR) is 52.3 cm³/mol. The minimum absolute atomic E-state index is 0.297. The van der Waals surface area contributed by atoms with Crippen LogP contribution in [0.2, 0.25) is 0 Å². The molecule has 0 N–H and O–H groups in total. The van der Waals surface area contributed by atoms with Crippen LogP contribution in [0.25, 0.3) is 5.57 Å². The smallest absolute Gasteiger partial charge is 0.243 e. The van der Waals surface area contributed by atoms with Gasteiger partial charge in [-0.25, -0.2) is 0 Å². The second-order valence-corrected chi connectivity index (χ2v) is 3.73. The monoisotopic (exact) mass is 180 g/mol. The fourth-order valence-corrected chi connectivity index (χ4v) is 0.833. The molecule has 3 heteroatoms. The number of hydrogen-bond donors (Lipinski definition) is 0. The van der Waals surface area contributed by atoms with Crippen molar-refractivity contribution < 1.29 is 4.42 Å². The summed E-state index contributed by atoms with van der Waals surface area (Å²) in [6.07, 6.45) is 0. The molecule has 1 rings (SSSR count). The topological polar surface area (TPSA) is 38.9 Å². The summed E-state index contributed by atoms with van der Waals surface area (Å²) in [5.41, 5.74) is 2.28. The number of rotatable bonds is 2. The molecular formula is C10H16N2O. The summed E-state index contributed by atoms with van der Waals surface area (Å²) in [6.45, 7) is 10.1. The van der Waals surface area contributed by atoms with Gasteiger partial charge in [0.2, 0.25) is 11.8 Å². The van der Waals surface area contributed by atoms with Crippen molar-refractivity contribution in [2.75, 3.05) is 0 Å². The molecule has 0 aliphatic carbocycles. The average molecular weight is 180 g/mol. The Morgan fingerprint density at radius 2 is 1.77 bits per heavy atom. The summed E-state index contributed by atoms with van der Waals surface area (Å²) < 4.78 is 5.49. The zero-order valence-corrected chi connectivity index (χ0v) is 8.88. The number of aromatic nitrogens is 2. The van der Waals surface area contributed by atoms with Gasteiger partial charge in [-0.15, -0.1) is 10.2 Å². The van der Waals surface area contributed by atoms with E-state index in [0.29, 0.717) is 17.7 Å². The molecule has 0 saturated heterocycles. The van der Waals surface area contributed by atoms with E-state index in [-0.39, 0.29) is 0 Å². The molecule has 1 heterocycles. The number of allylic oxidation sites excluding steroid dienone is 2. The summed E-state index contributed by atoms with van der Waals surface area (Å²) in [6, 6.07) is 0. The first kappa shape index (κ1) is 9.96. The van der Waals surface area contributed by atoms with Crippen molar-refractivity contribution in [2.24, 2.45) is 0 Å². The summed E-state index contributed by atoms with van der Waals surface area (Å²) in [4.78, 5) is 0. The van der Waals surface area contributed by atoms with Gasteiger partial charge in [0.25, 0.3) is 0 Å². The molecule has 13 heavy (non-hydrogen) atoms. The third-order valence-corrected chi connectivity index (χ3v) is 2.01. The standard InChI is InChI=1S/C10H16N2O/c1-6(2)8(5)10-12-11-9(13-10)7(3)4/h7H,1-5H3. The quantitative estimate of drug-likeness (QED) is 0.702. The predicted octanol–water partition coefficient (Wildman–Crippen LogP) is 3.01. The normalized spacial score (nSPS) is 10.6. The van der Waals surface area contributed by atoms with Gasteiger partial charge in [0.1, 0.15) is 0 Å². The van der Waals surface area contributed by atoms with E-state index in [0.717, 1.165) is 5.57 Å². The minimum Gasteiger partial charge on any atom is -0.421 e. The molecule has 0 atom stereocenters. The van der Waals surface area contributed by atoms with Crippen molar-refractivity contribution in [1.82, 2.24) is 10.2 Å². The van der Waals surface area contributed by atoms with Gasteiger partial charge in [-0.05, 0) is 20.8 Å². The zero-order valence-electron chi connectivity index (χ0n) is 8.88. The third kappa shape index (κ3) is 2.17. The Bertz CT molecular complexity index is 319. The molecule has 0 fully saturated rings. The van der Waals surface area contributed by atoms with Gasteiger partial charge in [0, 0.05) is 11.5 Å². The molecule has 72 valence electrons. The van der Waals surface area contributed by atoms with Gasteiger partial charge >= 0.3 is 0 Å². The van der Waals surface area contributed by atoms with Crippen LogP contribution in [0.3, 0.4) is 0 Å². The lowest BCUT2D eigenvalue weighted by molar-refractivity contribution is 0.460. The zero-order chi connectivity index (χ0) is 10.0. The second kappa shape index (κ2) is 3.73. The van der Waals surface area contributed by atoms with Crippen molar-refractivity contribution in [1.29, 1.82) is 0 Å². The van der Waals surface area contributed by atoms with Crippen LogP contribution in [0.15, 0.2) is 9.99 Å². The summed E-state index contributed by atoms with van der Waals surface area (Å²) in [7, 11) is 0. The van der Waals surface area contributed by atoms with Crippen molar-refractivity contribution in [3.8, 4) is 0 Å². The van der Waals surface area contributed by atoms with Crippen LogP contribution in [0.1, 0.15) is 52.3 Å². The summed E-state index contributed by atoms with van der Waals surface area (Å²) >= 11 is 0. The molecule has 0 unspecified atom stereocenters. The van der Waals surface area contributed by atoms with E-state index in [9.17, 15) is 0 Å². The molecule has 1 aromatic rings. The highest BCUT2D eigenvalue weighted by molar-refractivity contribution is 5.58. The molecule has 0 amide bonds. The van der Waals surface area contributed by atoms with E-state index < -0.39 is 0 Å². The van der Waals surface area contributed by atoms with Crippen LogP contribution in [-0.2, 0) is 0 Å². The Morgan fingerprint density at radius 3 is 2.15 bits per heavy atom. The van der Waals surface area contributed by atoms with E-state index in [1.807, 2.05) is 34.6 Å². The van der Waals surface area contributed by atoms with Crippen molar-refractivity contribution in [2.45, 2.75) is 40.5 Å². The highest BCUT2D eigenvalue weighted by Crippen LogP contribution is 2.19. The first-order chi connectivity index (χ1) is 6.02. The second-order valence-electron chi connectivity index (χ2n) is 3.73. The van der Waals surface area contributed by atoms with E-state index in [1.54, 1.807) is 0 Å². The largest absolute Gasteiger partial charge is 0.421 e. The van der Waals surface area contributed by atoms with Gasteiger partial charge in [-0.3, -0.25) is 0 Å². The van der Waals surface area contributed by atoms with Crippen LogP contribution >= 0.6 is 0 Å². The molecule has 0 spiro atoms. The first-order valence-electron chi connectivity index (χ1n) is 4.50. The maximum absolute atomic E-state index is 5.49. The number of hydrogen-bond acceptors (Lipinski definition) is 3. The van der Waals surface area contributed by atoms with Crippen LogP contribution < -0.4 is 0 Å². The van der Waals surface area contributed by atoms with Gasteiger partial charge in [0.15, 0.2) is 0 Å². The molecular weight excluding hydrogens is 164 g/mol. The third-order valence-electron chi connectivity index (χ3n) is 2.01. The van der Waals surface area contributed by atoms with Crippen molar-refractivity contribution >= 4 is 5.57 Å². The van der Waals surface area contributed by atoms with Gasteiger partial charge in [-0.2, -0.15) is 0 Å². The molecule has 0 aromatic carbocycles. The lowest BCUT2D eigenvalue weighted by Crippen LogP contribution is -1.85. The Kier molecular flexibility index (Phi) is 2.86. The molecule has 0 radical (unpaired) electrons. The van der Waals surface area contributed by atoms with Crippen molar-refractivity contribution in [3.63, 3.8) is 0 Å². The van der Waals surface area contributed by atoms with Gasteiger partial charge in [-0.1, -0.05) is 19.4 Å². The summed E-state index contributed by atoms with van der Waals surface area (Å²) in [5, 5.41) is 7.95. The summed E-state index contributed by atoms with van der Waals surface area (Å²) in [5.74, 6) is 1.64. The number of nitrogens with zero attached hydrogens (tertiary/aromatic N) is 2. The van der Waals surface area contributed by atoms with Gasteiger partial charge in [0.05, 0.1) is 0 Å². The van der Waals surface area contributed by atoms with Gasteiger partial charge < -0.3 is 4.42 Å². The maximum atomic E-state index is 5.49. The lowest BCUT2D eigenvalue weighted by atomic mass is 10.2. The minimum atomic E-state index is 0.297. The SMILES string of the molecule is CC(C)=C(C)c1nnc(C(C)C)o1.